The smallest absolute Gasteiger partial charge is 0.0992 e. The molecular formula is C3H4O6P-3. The number of phosphoric ester groups is 1. The van der Waals surface area contributed by atoms with Crippen molar-refractivity contribution in [2.45, 2.75) is 13.0 Å². The predicted molar refractivity (Wildman–Crippen MR) is 23.2 cm³/mol. The molecule has 6 nitrogen and oxygen atoms in total. The van der Waals surface area contributed by atoms with E-state index in [1.807, 2.05) is 0 Å². The van der Waals surface area contributed by atoms with Crippen LogP contribution in [0.5, 0.6) is 0 Å². The van der Waals surface area contributed by atoms with Gasteiger partial charge in [0.2, 0.25) is 0 Å². The number of hydrogen-bond acceptors (Lipinski definition) is 6. The maximum Gasteiger partial charge on any atom is 0.0992 e. The molecule has 0 aliphatic carbocycles. The van der Waals surface area contributed by atoms with Crippen LogP contribution in [0.3, 0.4) is 0 Å². The Morgan fingerprint density at radius 2 is 2.00 bits per heavy atom. The molecule has 0 heterocycles. The molecule has 0 spiro atoms. The Morgan fingerprint density at radius 3 is 2.10 bits per heavy atom. The third kappa shape index (κ3) is 4.46. The highest BCUT2D eigenvalue weighted by Crippen LogP contribution is 2.26. The van der Waals surface area contributed by atoms with E-state index in [1.165, 1.54) is 0 Å². The van der Waals surface area contributed by atoms with Gasteiger partial charge in [-0.3, -0.25) is 0 Å². The Morgan fingerprint density at radius 1 is 1.60 bits per heavy atom. The van der Waals surface area contributed by atoms with Gasteiger partial charge in [-0.15, -0.1) is 0 Å². The Balaban J connectivity index is 3.93. The average Bonchev–Trinajstić information content (AvgIpc) is 1.60. The molecule has 0 aromatic heterocycles. The van der Waals surface area contributed by atoms with Crippen molar-refractivity contribution in [3.63, 3.8) is 0 Å². The van der Waals surface area contributed by atoms with Crippen LogP contribution in [-0.4, -0.2) is 12.1 Å². The molecule has 0 N–H and O–H groups in total. The Labute approximate surface area is 56.7 Å². The average molecular weight is 167 g/mol. The number of carbonyl (C=O) groups is 1. The molecule has 7 heteroatoms. The first-order chi connectivity index (χ1) is 4.33. The van der Waals surface area contributed by atoms with Crippen molar-refractivity contribution in [3.05, 3.63) is 0 Å². The molecular weight excluding hydrogens is 163 g/mol. The highest BCUT2D eigenvalue weighted by Gasteiger charge is 2.03. The van der Waals surface area contributed by atoms with Gasteiger partial charge >= 0.3 is 0 Å². The number of carbonyl (C=O) groups excluding carboxylic acids is 1. The highest BCUT2D eigenvalue weighted by atomic mass is 31.2. The van der Waals surface area contributed by atoms with Crippen LogP contribution in [0.25, 0.3) is 0 Å². The largest absolute Gasteiger partial charge is 0.790 e. The molecule has 0 aromatic rings. The normalized spacial score (nSPS) is 14.7. The molecule has 1 atom stereocenters. The zero-order valence-electron chi connectivity index (χ0n) is 4.97. The second-order valence-electron chi connectivity index (χ2n) is 1.51. The van der Waals surface area contributed by atoms with Gasteiger partial charge in [-0.1, -0.05) is 0 Å². The fourth-order valence-corrected chi connectivity index (χ4v) is 0.710. The second kappa shape index (κ2) is 3.12. The monoisotopic (exact) mass is 167 g/mol. The van der Waals surface area contributed by atoms with Gasteiger partial charge in [0, 0.05) is 0 Å². The lowest BCUT2D eigenvalue weighted by Crippen LogP contribution is -2.37. The lowest BCUT2D eigenvalue weighted by Gasteiger charge is -2.32. The quantitative estimate of drug-likeness (QED) is 0.413. The SMILES string of the molecule is C[C@@H](OP(=O)([O-])[O-])C(=O)[O-]. The minimum Gasteiger partial charge on any atom is -0.790 e. The standard InChI is InChI=1S/C3H7O6P/c1-2(3(4)5)9-10(6,7)8/h2H,1H3,(H,4,5)(H2,6,7,8)/p-3/t2-/m1/s1. The summed E-state index contributed by atoms with van der Waals surface area (Å²) in [4.78, 5) is 29.2. The highest BCUT2D eigenvalue weighted by molar-refractivity contribution is 7.43. The van der Waals surface area contributed by atoms with Crippen LogP contribution >= 0.6 is 7.82 Å². The van der Waals surface area contributed by atoms with Crippen LogP contribution in [0, 0.1) is 0 Å². The number of carboxylic acid groups (broad SMARTS) is 1. The maximum atomic E-state index is 9.74. The summed E-state index contributed by atoms with van der Waals surface area (Å²) in [7, 11) is -5.20. The summed E-state index contributed by atoms with van der Waals surface area (Å²) in [5.74, 6) is -1.74. The molecule has 0 fully saturated rings. The summed E-state index contributed by atoms with van der Waals surface area (Å²) in [6.07, 6.45) is -1.72. The fourth-order valence-electron chi connectivity index (χ4n) is 0.237. The molecule has 0 radical (unpaired) electrons. The van der Waals surface area contributed by atoms with Gasteiger partial charge in [0.25, 0.3) is 0 Å². The Bertz CT molecular complexity index is 170. The number of rotatable bonds is 3. The summed E-state index contributed by atoms with van der Waals surface area (Å²) >= 11 is 0. The first-order valence-electron chi connectivity index (χ1n) is 2.24. The number of hydrogen-bond donors (Lipinski definition) is 0. The Kier molecular flexibility index (Phi) is 2.98. The third-order valence-electron chi connectivity index (χ3n) is 0.619. The van der Waals surface area contributed by atoms with Gasteiger partial charge in [-0.25, -0.2) is 0 Å². The first kappa shape index (κ1) is 9.58. The van der Waals surface area contributed by atoms with E-state index < -0.39 is 19.9 Å². The molecule has 0 rings (SSSR count). The van der Waals surface area contributed by atoms with Crippen LogP contribution in [-0.2, 0) is 13.9 Å². The molecule has 60 valence electrons. The molecule has 0 aromatic carbocycles. The van der Waals surface area contributed by atoms with Crippen molar-refractivity contribution in [3.8, 4) is 0 Å². The topological polar surface area (TPSA) is 113 Å². The fraction of sp³-hybridized carbons (Fsp3) is 0.667. The van der Waals surface area contributed by atoms with Gasteiger partial charge in [-0.05, 0) is 6.92 Å². The molecule has 0 saturated carbocycles. The van der Waals surface area contributed by atoms with E-state index in [1.54, 1.807) is 0 Å². The lowest BCUT2D eigenvalue weighted by atomic mass is 10.4. The minimum absolute atomic E-state index is 0.887. The summed E-state index contributed by atoms with van der Waals surface area (Å²) in [6.45, 7) is 0.887. The van der Waals surface area contributed by atoms with E-state index in [2.05, 4.69) is 4.52 Å². The van der Waals surface area contributed by atoms with Crippen LogP contribution in [0.15, 0.2) is 0 Å². The molecule has 0 aliphatic rings. The summed E-state index contributed by atoms with van der Waals surface area (Å²) in [6, 6.07) is 0. The molecule has 0 bridgehead atoms. The van der Waals surface area contributed by atoms with Crippen molar-refractivity contribution in [2.24, 2.45) is 0 Å². The van der Waals surface area contributed by atoms with Crippen molar-refractivity contribution in [1.29, 1.82) is 0 Å². The second-order valence-corrected chi connectivity index (χ2v) is 2.62. The van der Waals surface area contributed by atoms with E-state index in [-0.39, 0.29) is 0 Å². The van der Waals surface area contributed by atoms with Crippen LogP contribution in [0.2, 0.25) is 0 Å². The first-order valence-corrected chi connectivity index (χ1v) is 3.70. The van der Waals surface area contributed by atoms with Crippen molar-refractivity contribution in [2.75, 3.05) is 0 Å². The molecule has 0 saturated heterocycles. The van der Waals surface area contributed by atoms with Crippen molar-refractivity contribution >= 4 is 13.8 Å². The van der Waals surface area contributed by atoms with Gasteiger partial charge in [0.1, 0.15) is 0 Å². The van der Waals surface area contributed by atoms with Crippen LogP contribution in [0.4, 0.5) is 0 Å². The number of carboxylic acids is 1. The Hall–Kier alpha value is -0.420. The van der Waals surface area contributed by atoms with E-state index >= 15 is 0 Å². The van der Waals surface area contributed by atoms with Gasteiger partial charge in [0.05, 0.1) is 19.9 Å². The van der Waals surface area contributed by atoms with E-state index in [4.69, 9.17) is 0 Å². The summed E-state index contributed by atoms with van der Waals surface area (Å²) in [5, 5.41) is 9.74. The molecule has 0 amide bonds. The molecule has 10 heavy (non-hydrogen) atoms. The van der Waals surface area contributed by atoms with Gasteiger partial charge in [0.15, 0.2) is 0 Å². The van der Waals surface area contributed by atoms with Gasteiger partial charge < -0.3 is 28.8 Å². The van der Waals surface area contributed by atoms with Crippen LogP contribution in [0.1, 0.15) is 6.92 Å². The third-order valence-corrected chi connectivity index (χ3v) is 1.19. The summed E-state index contributed by atoms with van der Waals surface area (Å²) < 4.78 is 13.2. The molecule has 0 aliphatic heterocycles. The number of phosphoric acid groups is 1. The van der Waals surface area contributed by atoms with Crippen molar-refractivity contribution < 1.29 is 28.8 Å². The minimum atomic E-state index is -5.20. The van der Waals surface area contributed by atoms with E-state index in [9.17, 15) is 24.3 Å². The summed E-state index contributed by atoms with van der Waals surface area (Å²) in [5.41, 5.74) is 0. The van der Waals surface area contributed by atoms with E-state index in [0.29, 0.717) is 0 Å². The lowest BCUT2D eigenvalue weighted by molar-refractivity contribution is -0.352. The number of aliphatic carboxylic acids is 1. The zero-order valence-corrected chi connectivity index (χ0v) is 5.87. The van der Waals surface area contributed by atoms with E-state index in [0.717, 1.165) is 6.92 Å². The zero-order chi connectivity index (χ0) is 8.36. The van der Waals surface area contributed by atoms with Crippen molar-refractivity contribution in [1.82, 2.24) is 0 Å². The van der Waals surface area contributed by atoms with Gasteiger partial charge in [-0.2, -0.15) is 0 Å². The predicted octanol–water partition coefficient (Wildman–Crippen LogP) is -3.03. The van der Waals surface area contributed by atoms with Crippen LogP contribution < -0.4 is 14.9 Å². The maximum absolute atomic E-state index is 9.74. The molecule has 0 unspecified atom stereocenters.